The average Bonchev–Trinajstić information content (AvgIpc) is 3.06. The van der Waals surface area contributed by atoms with E-state index in [1.165, 1.54) is 6.33 Å². The first-order valence-electron chi connectivity index (χ1n) is 11.1. The van der Waals surface area contributed by atoms with Gasteiger partial charge in [0, 0.05) is 40.7 Å². The van der Waals surface area contributed by atoms with Crippen molar-refractivity contribution in [2.45, 2.75) is 19.3 Å². The van der Waals surface area contributed by atoms with Gasteiger partial charge in [-0.2, -0.15) is 0 Å². The maximum absolute atomic E-state index is 12.8. The fraction of sp³-hybridized carbons (Fsp3) is 0.111. The van der Waals surface area contributed by atoms with Crippen LogP contribution in [0.4, 0.5) is 22.9 Å². The Kier molecular flexibility index (Phi) is 5.99. The van der Waals surface area contributed by atoms with Gasteiger partial charge in [0.05, 0.1) is 5.69 Å². The Morgan fingerprint density at radius 2 is 1.65 bits per heavy atom. The fourth-order valence-electron chi connectivity index (χ4n) is 3.90. The van der Waals surface area contributed by atoms with E-state index in [-0.39, 0.29) is 11.8 Å². The molecule has 1 aromatic heterocycles. The van der Waals surface area contributed by atoms with E-state index in [2.05, 4.69) is 25.9 Å². The fourth-order valence-corrected chi connectivity index (χ4v) is 3.90. The quantitative estimate of drug-likeness (QED) is 0.378. The molecule has 5 rings (SSSR count). The van der Waals surface area contributed by atoms with E-state index < -0.39 is 0 Å². The van der Waals surface area contributed by atoms with Crippen molar-refractivity contribution in [3.63, 3.8) is 0 Å². The number of benzene rings is 3. The van der Waals surface area contributed by atoms with E-state index in [9.17, 15) is 9.59 Å². The lowest BCUT2D eigenvalue weighted by Gasteiger charge is -2.11. The van der Waals surface area contributed by atoms with Crippen molar-refractivity contribution in [2.24, 2.45) is 0 Å². The highest BCUT2D eigenvalue weighted by Crippen LogP contribution is 2.25. The van der Waals surface area contributed by atoms with Gasteiger partial charge >= 0.3 is 0 Å². The first-order chi connectivity index (χ1) is 16.6. The lowest BCUT2D eigenvalue weighted by Crippen LogP contribution is -2.13. The second-order valence-corrected chi connectivity index (χ2v) is 8.08. The summed E-state index contributed by atoms with van der Waals surface area (Å²) >= 11 is 0. The molecule has 3 aromatic carbocycles. The predicted molar refractivity (Wildman–Crippen MR) is 133 cm³/mol. The van der Waals surface area contributed by atoms with Gasteiger partial charge < -0.3 is 16.0 Å². The van der Waals surface area contributed by atoms with Crippen LogP contribution in [-0.2, 0) is 11.2 Å². The average molecular weight is 450 g/mol. The minimum absolute atomic E-state index is 0.0166. The number of hydrogen-bond donors (Lipinski definition) is 3. The largest absolute Gasteiger partial charge is 0.340 e. The van der Waals surface area contributed by atoms with Crippen LogP contribution in [0.2, 0.25) is 0 Å². The number of aryl methyl sites for hydroxylation is 1. The maximum atomic E-state index is 12.8. The van der Waals surface area contributed by atoms with E-state index in [0.717, 1.165) is 41.0 Å². The molecular formula is C27H23N5O2. The summed E-state index contributed by atoms with van der Waals surface area (Å²) in [6.07, 6.45) is 3.58. The normalized spacial score (nSPS) is 12.8. The molecule has 1 aliphatic heterocycles. The van der Waals surface area contributed by atoms with Crippen LogP contribution < -0.4 is 16.0 Å². The second-order valence-electron chi connectivity index (χ2n) is 8.08. The third-order valence-electron chi connectivity index (χ3n) is 5.64. The SMILES string of the molecule is O=C1CCCc2cc(C(=O)Nc3ccc(Nc4cc(-c5ccccc5)ncn4)cc3)ccc2N1. The van der Waals surface area contributed by atoms with E-state index in [1.54, 1.807) is 12.1 Å². The van der Waals surface area contributed by atoms with Crippen molar-refractivity contribution < 1.29 is 9.59 Å². The summed E-state index contributed by atoms with van der Waals surface area (Å²) in [5.74, 6) is 0.507. The minimum Gasteiger partial charge on any atom is -0.340 e. The van der Waals surface area contributed by atoms with Crippen molar-refractivity contribution >= 4 is 34.7 Å². The number of rotatable bonds is 5. The van der Waals surface area contributed by atoms with Crippen LogP contribution in [0.3, 0.4) is 0 Å². The van der Waals surface area contributed by atoms with Crippen LogP contribution in [0.1, 0.15) is 28.8 Å². The standard InChI is InChI=1S/C27H23N5O2/c33-26-8-4-7-19-15-20(9-14-23(19)32-26)27(34)31-22-12-10-21(11-13-22)30-25-16-24(28-17-29-25)18-5-2-1-3-6-18/h1-3,5-6,9-17H,4,7-8H2,(H,31,34)(H,32,33)(H,28,29,30). The van der Waals surface area contributed by atoms with Crippen molar-refractivity contribution in [1.29, 1.82) is 0 Å². The highest BCUT2D eigenvalue weighted by atomic mass is 16.2. The molecule has 0 aliphatic carbocycles. The molecule has 168 valence electrons. The zero-order valence-electron chi connectivity index (χ0n) is 18.4. The van der Waals surface area contributed by atoms with Crippen LogP contribution in [0, 0.1) is 0 Å². The van der Waals surface area contributed by atoms with Crippen molar-refractivity contribution in [2.75, 3.05) is 16.0 Å². The topological polar surface area (TPSA) is 96.0 Å². The molecule has 0 fully saturated rings. The third-order valence-corrected chi connectivity index (χ3v) is 5.64. The molecule has 1 aliphatic rings. The Bertz CT molecular complexity index is 1340. The lowest BCUT2D eigenvalue weighted by molar-refractivity contribution is -0.116. The van der Waals surface area contributed by atoms with Gasteiger partial charge in [-0.3, -0.25) is 9.59 Å². The van der Waals surface area contributed by atoms with Crippen LogP contribution >= 0.6 is 0 Å². The minimum atomic E-state index is -0.192. The molecule has 7 nitrogen and oxygen atoms in total. The first kappa shape index (κ1) is 21.3. The summed E-state index contributed by atoms with van der Waals surface area (Å²) in [7, 11) is 0. The highest BCUT2D eigenvalue weighted by molar-refractivity contribution is 6.05. The summed E-state index contributed by atoms with van der Waals surface area (Å²) in [5.41, 5.74) is 5.72. The Balaban J connectivity index is 1.25. The molecule has 0 spiro atoms. The van der Waals surface area contributed by atoms with Gasteiger partial charge in [-0.15, -0.1) is 0 Å². The Hall–Kier alpha value is -4.52. The summed E-state index contributed by atoms with van der Waals surface area (Å²) in [6.45, 7) is 0. The number of aromatic nitrogens is 2. The maximum Gasteiger partial charge on any atom is 0.255 e. The van der Waals surface area contributed by atoms with E-state index in [0.29, 0.717) is 23.5 Å². The molecule has 0 atom stereocenters. The third kappa shape index (κ3) is 4.94. The molecule has 0 saturated carbocycles. The molecule has 0 bridgehead atoms. The monoisotopic (exact) mass is 449 g/mol. The van der Waals surface area contributed by atoms with Gasteiger partial charge in [0.15, 0.2) is 0 Å². The van der Waals surface area contributed by atoms with Gasteiger partial charge in [-0.05, 0) is 60.9 Å². The Labute approximate surface area is 197 Å². The Morgan fingerprint density at radius 3 is 2.47 bits per heavy atom. The van der Waals surface area contributed by atoms with E-state index >= 15 is 0 Å². The van der Waals surface area contributed by atoms with Crippen LogP contribution in [0.5, 0.6) is 0 Å². The zero-order valence-corrected chi connectivity index (χ0v) is 18.4. The smallest absolute Gasteiger partial charge is 0.255 e. The molecule has 2 heterocycles. The number of nitrogens with one attached hydrogen (secondary N) is 3. The van der Waals surface area contributed by atoms with Crippen molar-refractivity contribution in [3.05, 3.63) is 96.3 Å². The van der Waals surface area contributed by atoms with E-state index in [4.69, 9.17) is 0 Å². The molecule has 3 N–H and O–H groups in total. The molecular weight excluding hydrogens is 426 g/mol. The van der Waals surface area contributed by atoms with Gasteiger partial charge in [0.2, 0.25) is 5.91 Å². The van der Waals surface area contributed by atoms with Crippen LogP contribution in [0.15, 0.2) is 85.2 Å². The predicted octanol–water partition coefficient (Wildman–Crippen LogP) is 5.41. The van der Waals surface area contributed by atoms with Gasteiger partial charge in [0.1, 0.15) is 12.1 Å². The van der Waals surface area contributed by atoms with Crippen LogP contribution in [-0.4, -0.2) is 21.8 Å². The molecule has 4 aromatic rings. The number of hydrogen-bond acceptors (Lipinski definition) is 5. The van der Waals surface area contributed by atoms with Gasteiger partial charge in [-0.25, -0.2) is 9.97 Å². The molecule has 0 radical (unpaired) electrons. The number of amides is 2. The van der Waals surface area contributed by atoms with Crippen molar-refractivity contribution in [3.8, 4) is 11.3 Å². The van der Waals surface area contributed by atoms with Crippen molar-refractivity contribution in [1.82, 2.24) is 9.97 Å². The molecule has 34 heavy (non-hydrogen) atoms. The summed E-state index contributed by atoms with van der Waals surface area (Å²) in [5, 5.41) is 9.09. The summed E-state index contributed by atoms with van der Waals surface area (Å²) in [6, 6.07) is 24.6. The van der Waals surface area contributed by atoms with Gasteiger partial charge in [-0.1, -0.05) is 30.3 Å². The number of carbonyl (C=O) groups excluding carboxylic acids is 2. The molecule has 0 saturated heterocycles. The highest BCUT2D eigenvalue weighted by Gasteiger charge is 2.15. The number of fused-ring (bicyclic) bond motifs is 1. The number of nitrogens with zero attached hydrogens (tertiary/aromatic N) is 2. The number of carbonyl (C=O) groups is 2. The molecule has 7 heteroatoms. The first-order valence-corrected chi connectivity index (χ1v) is 11.1. The lowest BCUT2D eigenvalue weighted by atomic mass is 10.0. The second kappa shape index (κ2) is 9.54. The van der Waals surface area contributed by atoms with E-state index in [1.807, 2.05) is 66.7 Å². The Morgan fingerprint density at radius 1 is 0.853 bits per heavy atom. The number of anilines is 4. The molecule has 0 unspecified atom stereocenters. The zero-order chi connectivity index (χ0) is 23.3. The van der Waals surface area contributed by atoms with Crippen LogP contribution in [0.25, 0.3) is 11.3 Å². The summed E-state index contributed by atoms with van der Waals surface area (Å²) in [4.78, 5) is 33.1. The summed E-state index contributed by atoms with van der Waals surface area (Å²) < 4.78 is 0. The molecule has 2 amide bonds. The van der Waals surface area contributed by atoms with Gasteiger partial charge in [0.25, 0.3) is 5.91 Å².